The lowest BCUT2D eigenvalue weighted by Crippen LogP contribution is -2.49. The summed E-state index contributed by atoms with van der Waals surface area (Å²) >= 11 is 1.84. The average molecular weight is 554 g/mol. The first-order valence-electron chi connectivity index (χ1n) is 11.4. The van der Waals surface area contributed by atoms with E-state index in [1.165, 1.54) is 16.1 Å². The summed E-state index contributed by atoms with van der Waals surface area (Å²) < 4.78 is 0. The Morgan fingerprint density at radius 3 is 2.61 bits per heavy atom. The van der Waals surface area contributed by atoms with Crippen molar-refractivity contribution in [3.63, 3.8) is 0 Å². The van der Waals surface area contributed by atoms with Crippen LogP contribution < -0.4 is 15.5 Å². The fourth-order valence-electron chi connectivity index (χ4n) is 4.44. The zero-order valence-corrected chi connectivity index (χ0v) is 21.9. The van der Waals surface area contributed by atoms with Crippen LogP contribution in [0.3, 0.4) is 0 Å². The van der Waals surface area contributed by atoms with E-state index in [0.717, 1.165) is 64.5 Å². The minimum Gasteiger partial charge on any atom is -0.363 e. The lowest BCUT2D eigenvalue weighted by atomic mass is 9.99. The molecule has 0 amide bonds. The Kier molecular flexibility index (Phi) is 9.47. The zero-order valence-electron chi connectivity index (χ0n) is 18.7. The molecule has 2 N–H and O–H groups in total. The smallest absolute Gasteiger partial charge is 0.191 e. The number of aliphatic imine (C=N–C) groups is 1. The van der Waals surface area contributed by atoms with Gasteiger partial charge in [0, 0.05) is 44.8 Å². The summed E-state index contributed by atoms with van der Waals surface area (Å²) in [5.41, 5.74) is 2.98. The number of fused-ring (bicyclic) bond motifs is 1. The monoisotopic (exact) mass is 553 g/mol. The minimum absolute atomic E-state index is 0. The van der Waals surface area contributed by atoms with Gasteiger partial charge in [-0.05, 0) is 61.7 Å². The second-order valence-electron chi connectivity index (χ2n) is 8.41. The molecule has 3 heterocycles. The number of thiophene rings is 1. The van der Waals surface area contributed by atoms with Crippen molar-refractivity contribution in [3.05, 3.63) is 52.9 Å². The molecule has 0 aliphatic carbocycles. The SMILES string of the molecule is CCNC(=NCC(C)N1CCc2ccccc2C1)NC1CCN(c2cccs2)CC1.I. The molecule has 1 saturated heterocycles. The Balaban J connectivity index is 0.00000272. The van der Waals surface area contributed by atoms with Crippen molar-refractivity contribution in [2.75, 3.05) is 37.6 Å². The van der Waals surface area contributed by atoms with Gasteiger partial charge in [0.25, 0.3) is 0 Å². The summed E-state index contributed by atoms with van der Waals surface area (Å²) in [7, 11) is 0. The zero-order chi connectivity index (χ0) is 20.8. The molecule has 5 nitrogen and oxygen atoms in total. The summed E-state index contributed by atoms with van der Waals surface area (Å²) in [5, 5.41) is 10.7. The van der Waals surface area contributed by atoms with Crippen LogP contribution in [0.15, 0.2) is 46.8 Å². The predicted octanol–water partition coefficient (Wildman–Crippen LogP) is 4.34. The molecule has 0 bridgehead atoms. The van der Waals surface area contributed by atoms with Crippen LogP contribution in [-0.4, -0.2) is 55.7 Å². The van der Waals surface area contributed by atoms with Gasteiger partial charge in [-0.15, -0.1) is 35.3 Å². The fourth-order valence-corrected chi connectivity index (χ4v) is 5.23. The molecule has 0 saturated carbocycles. The Bertz CT molecular complexity index is 817. The van der Waals surface area contributed by atoms with Gasteiger partial charge in [0.2, 0.25) is 0 Å². The quantitative estimate of drug-likeness (QED) is 0.318. The summed E-state index contributed by atoms with van der Waals surface area (Å²) in [6.07, 6.45) is 3.45. The molecule has 1 aromatic heterocycles. The van der Waals surface area contributed by atoms with Crippen LogP contribution >= 0.6 is 35.3 Å². The molecule has 2 aromatic rings. The first kappa shape index (κ1) is 24.3. The van der Waals surface area contributed by atoms with Crippen molar-refractivity contribution >= 4 is 46.3 Å². The van der Waals surface area contributed by atoms with E-state index in [1.54, 1.807) is 0 Å². The molecular formula is C24H36IN5S. The van der Waals surface area contributed by atoms with E-state index < -0.39 is 0 Å². The summed E-state index contributed by atoms with van der Waals surface area (Å²) in [6.45, 7) is 10.6. The summed E-state index contributed by atoms with van der Waals surface area (Å²) in [4.78, 5) is 10.0. The summed E-state index contributed by atoms with van der Waals surface area (Å²) in [5.74, 6) is 0.969. The largest absolute Gasteiger partial charge is 0.363 e. The van der Waals surface area contributed by atoms with Crippen LogP contribution in [0.25, 0.3) is 0 Å². The number of nitrogens with one attached hydrogen (secondary N) is 2. The fraction of sp³-hybridized carbons (Fsp3) is 0.542. The molecule has 1 atom stereocenters. The maximum atomic E-state index is 4.95. The first-order valence-corrected chi connectivity index (χ1v) is 12.2. The van der Waals surface area contributed by atoms with Gasteiger partial charge in [0.1, 0.15) is 0 Å². The van der Waals surface area contributed by atoms with Crippen LogP contribution in [0.4, 0.5) is 5.00 Å². The van der Waals surface area contributed by atoms with Gasteiger partial charge in [-0.2, -0.15) is 0 Å². The van der Waals surface area contributed by atoms with Gasteiger partial charge >= 0.3 is 0 Å². The average Bonchev–Trinajstić information content (AvgIpc) is 3.32. The molecule has 2 aliphatic rings. The highest BCUT2D eigenvalue weighted by molar-refractivity contribution is 14.0. The van der Waals surface area contributed by atoms with E-state index in [-0.39, 0.29) is 24.0 Å². The summed E-state index contributed by atoms with van der Waals surface area (Å²) in [6, 6.07) is 14.2. The number of benzene rings is 1. The van der Waals surface area contributed by atoms with E-state index in [9.17, 15) is 0 Å². The van der Waals surface area contributed by atoms with Crippen molar-refractivity contribution < 1.29 is 0 Å². The van der Waals surface area contributed by atoms with Crippen molar-refractivity contribution in [1.29, 1.82) is 0 Å². The molecule has 7 heteroatoms. The normalized spacial score (nSPS) is 18.8. The number of nitrogens with zero attached hydrogens (tertiary/aromatic N) is 3. The van der Waals surface area contributed by atoms with Crippen molar-refractivity contribution in [3.8, 4) is 0 Å². The van der Waals surface area contributed by atoms with Crippen molar-refractivity contribution in [2.24, 2.45) is 4.99 Å². The van der Waals surface area contributed by atoms with E-state index in [4.69, 9.17) is 4.99 Å². The lowest BCUT2D eigenvalue weighted by molar-refractivity contribution is 0.195. The second-order valence-corrected chi connectivity index (χ2v) is 9.34. The van der Waals surface area contributed by atoms with E-state index in [2.05, 4.69) is 76.1 Å². The third-order valence-corrected chi connectivity index (χ3v) is 7.22. The third kappa shape index (κ3) is 6.58. The van der Waals surface area contributed by atoms with Crippen LogP contribution in [0.1, 0.15) is 37.8 Å². The second kappa shape index (κ2) is 12.1. The van der Waals surface area contributed by atoms with Crippen LogP contribution in [0.5, 0.6) is 0 Å². The predicted molar refractivity (Wildman–Crippen MR) is 144 cm³/mol. The standard InChI is InChI=1S/C24H35N5S.HI/c1-3-25-24(27-22-11-14-28(15-12-22)23-9-6-16-30-23)26-17-19(2)29-13-10-20-7-4-5-8-21(20)18-29;/h4-9,16,19,22H,3,10-15,17-18H2,1-2H3,(H2,25,26,27);1H. The Labute approximate surface area is 208 Å². The molecule has 1 unspecified atom stereocenters. The molecule has 170 valence electrons. The van der Waals surface area contributed by atoms with Gasteiger partial charge in [0.15, 0.2) is 5.96 Å². The molecule has 2 aliphatic heterocycles. The van der Waals surface area contributed by atoms with Gasteiger partial charge < -0.3 is 15.5 Å². The lowest BCUT2D eigenvalue weighted by Gasteiger charge is -2.34. The number of guanidine groups is 1. The molecule has 0 spiro atoms. The molecular weight excluding hydrogens is 517 g/mol. The highest BCUT2D eigenvalue weighted by atomic mass is 127. The van der Waals surface area contributed by atoms with E-state index in [0.29, 0.717) is 12.1 Å². The number of anilines is 1. The van der Waals surface area contributed by atoms with Gasteiger partial charge in [-0.25, -0.2) is 0 Å². The number of rotatable bonds is 6. The van der Waals surface area contributed by atoms with Gasteiger partial charge in [0.05, 0.1) is 11.5 Å². The highest BCUT2D eigenvalue weighted by Crippen LogP contribution is 2.25. The number of halogens is 1. The Morgan fingerprint density at radius 1 is 1.13 bits per heavy atom. The Hall–Kier alpha value is -1.32. The number of hydrogen-bond acceptors (Lipinski definition) is 4. The third-order valence-electron chi connectivity index (χ3n) is 6.30. The maximum Gasteiger partial charge on any atom is 0.191 e. The maximum absolute atomic E-state index is 4.95. The molecule has 4 rings (SSSR count). The van der Waals surface area contributed by atoms with Gasteiger partial charge in [-0.1, -0.05) is 24.3 Å². The molecule has 31 heavy (non-hydrogen) atoms. The molecule has 1 fully saturated rings. The minimum atomic E-state index is 0. The Morgan fingerprint density at radius 2 is 1.90 bits per heavy atom. The number of hydrogen-bond donors (Lipinski definition) is 2. The van der Waals surface area contributed by atoms with Crippen molar-refractivity contribution in [2.45, 2.75) is 51.7 Å². The van der Waals surface area contributed by atoms with Crippen LogP contribution in [-0.2, 0) is 13.0 Å². The van der Waals surface area contributed by atoms with Crippen molar-refractivity contribution in [1.82, 2.24) is 15.5 Å². The topological polar surface area (TPSA) is 42.9 Å². The molecule has 1 aromatic carbocycles. The van der Waals surface area contributed by atoms with Gasteiger partial charge in [-0.3, -0.25) is 9.89 Å². The van der Waals surface area contributed by atoms with Crippen LogP contribution in [0, 0.1) is 0 Å². The molecule has 0 radical (unpaired) electrons. The van der Waals surface area contributed by atoms with Crippen LogP contribution in [0.2, 0.25) is 0 Å². The number of piperidine rings is 1. The van der Waals surface area contributed by atoms with E-state index >= 15 is 0 Å². The van der Waals surface area contributed by atoms with E-state index in [1.807, 2.05) is 11.3 Å². The highest BCUT2D eigenvalue weighted by Gasteiger charge is 2.22. The first-order chi connectivity index (χ1) is 14.7.